The first kappa shape index (κ1) is 30.3. The fraction of sp³-hybridized carbons (Fsp3) is 0.586. The number of nitrogens with zero attached hydrogens (tertiary/aromatic N) is 5. The van der Waals surface area contributed by atoms with Crippen LogP contribution in [0.15, 0.2) is 36.7 Å². The van der Waals surface area contributed by atoms with Gasteiger partial charge in [-0.25, -0.2) is 4.98 Å². The van der Waals surface area contributed by atoms with Crippen LogP contribution in [-0.2, 0) is 11.2 Å². The average molecular weight is 590 g/mol. The number of carbonyl (C=O) groups is 1. The number of imidazole rings is 1. The Hall–Kier alpha value is -2.62. The number of nitrogens with one attached hydrogen (secondary N) is 2. The van der Waals surface area contributed by atoms with Crippen LogP contribution in [0.5, 0.6) is 0 Å². The van der Waals surface area contributed by atoms with Crippen molar-refractivity contribution in [1.82, 2.24) is 24.4 Å². The molecule has 3 aliphatic rings. The van der Waals surface area contributed by atoms with Crippen molar-refractivity contribution in [2.45, 2.75) is 94.8 Å². The van der Waals surface area contributed by atoms with E-state index in [1.54, 1.807) is 0 Å². The maximum Gasteiger partial charge on any atom is 0.227 e. The summed E-state index contributed by atoms with van der Waals surface area (Å²) in [5.74, 6) is 1.68. The van der Waals surface area contributed by atoms with Crippen molar-refractivity contribution in [3.63, 3.8) is 0 Å². The van der Waals surface area contributed by atoms with E-state index in [-0.39, 0.29) is 36.8 Å². The normalized spacial score (nSPS) is 22.0. The van der Waals surface area contributed by atoms with Gasteiger partial charge in [0.05, 0.1) is 12.7 Å². The second kappa shape index (κ2) is 13.8. The minimum Gasteiger partial charge on any atom is -0.365 e. The summed E-state index contributed by atoms with van der Waals surface area (Å²) in [5.41, 5.74) is 8.96. The Labute approximate surface area is 248 Å². The van der Waals surface area contributed by atoms with Crippen molar-refractivity contribution >= 4 is 53.7 Å². The van der Waals surface area contributed by atoms with Crippen LogP contribution < -0.4 is 16.4 Å². The number of halogens is 2. The van der Waals surface area contributed by atoms with Crippen LogP contribution in [-0.4, -0.2) is 61.5 Å². The van der Waals surface area contributed by atoms with Crippen LogP contribution >= 0.6 is 24.8 Å². The predicted molar refractivity (Wildman–Crippen MR) is 165 cm³/mol. The molecule has 0 unspecified atom stereocenters. The summed E-state index contributed by atoms with van der Waals surface area (Å²) in [6.45, 7) is 1.50. The molecule has 2 aliphatic carbocycles. The Balaban J connectivity index is 0.00000185. The van der Waals surface area contributed by atoms with Gasteiger partial charge in [-0.3, -0.25) is 4.79 Å². The van der Waals surface area contributed by atoms with Crippen LogP contribution in [0.1, 0.15) is 75.8 Å². The molecule has 2 saturated carbocycles. The first-order valence-electron chi connectivity index (χ1n) is 14.5. The predicted octanol–water partition coefficient (Wildman–Crippen LogP) is 5.11. The highest BCUT2D eigenvalue weighted by Gasteiger charge is 2.27. The van der Waals surface area contributed by atoms with E-state index in [9.17, 15) is 4.79 Å². The number of amides is 1. The lowest BCUT2D eigenvalue weighted by Crippen LogP contribution is -2.43. The maximum atomic E-state index is 12.8. The van der Waals surface area contributed by atoms with E-state index in [1.165, 1.54) is 25.7 Å². The van der Waals surface area contributed by atoms with E-state index in [1.807, 2.05) is 41.6 Å². The molecule has 1 aliphatic heterocycles. The summed E-state index contributed by atoms with van der Waals surface area (Å²) in [6, 6.07) is 11.4. The number of anilines is 2. The molecule has 218 valence electrons. The first-order chi connectivity index (χ1) is 18.6. The summed E-state index contributed by atoms with van der Waals surface area (Å²) in [5, 5.41) is 7.31. The van der Waals surface area contributed by atoms with Crippen LogP contribution in [0.4, 0.5) is 11.8 Å². The van der Waals surface area contributed by atoms with Gasteiger partial charge >= 0.3 is 0 Å². The molecule has 1 saturated heterocycles. The zero-order valence-corrected chi connectivity index (χ0v) is 24.6. The van der Waals surface area contributed by atoms with E-state index in [0.717, 1.165) is 74.2 Å². The fourth-order valence-electron chi connectivity index (χ4n) is 6.33. The van der Waals surface area contributed by atoms with Gasteiger partial charge in [0.25, 0.3) is 0 Å². The molecule has 0 radical (unpaired) electrons. The number of hydrogen-bond donors (Lipinski definition) is 3. The first-order valence-corrected chi connectivity index (χ1v) is 14.5. The molecule has 1 aromatic carbocycles. The maximum absolute atomic E-state index is 12.8. The van der Waals surface area contributed by atoms with E-state index < -0.39 is 0 Å². The van der Waals surface area contributed by atoms with Crippen molar-refractivity contribution in [2.75, 3.05) is 23.7 Å². The molecule has 3 heterocycles. The lowest BCUT2D eigenvalue weighted by Gasteiger charge is -2.33. The molecule has 4 N–H and O–H groups in total. The molecule has 0 spiro atoms. The summed E-state index contributed by atoms with van der Waals surface area (Å²) >= 11 is 0. The molecule has 3 aromatic rings. The standard InChI is InChI=1S/C29H40N8O.2ClH/c30-21-10-12-22(13-11-21)33-29-34-27(26-28(35-29)37(19-31-26)24-8-4-5-9-24)32-23-14-16-36(17-15-23)25(38)18-20-6-2-1-3-7-20;;/h1-3,6-7,19,21-24H,4-5,8-18,30H2,(H2,32,33,34,35);2*1H/t21-,22-;;. The van der Waals surface area contributed by atoms with Crippen molar-refractivity contribution in [1.29, 1.82) is 0 Å². The summed E-state index contributed by atoms with van der Waals surface area (Å²) in [6.07, 6.45) is 13.2. The minimum absolute atomic E-state index is 0. The van der Waals surface area contributed by atoms with Gasteiger partial charge in [-0.2, -0.15) is 9.97 Å². The Morgan fingerprint density at radius 3 is 2.25 bits per heavy atom. The Morgan fingerprint density at radius 1 is 0.875 bits per heavy atom. The van der Waals surface area contributed by atoms with Crippen LogP contribution in [0.3, 0.4) is 0 Å². The van der Waals surface area contributed by atoms with Crippen LogP contribution in [0.25, 0.3) is 11.2 Å². The zero-order chi connectivity index (χ0) is 25.9. The largest absolute Gasteiger partial charge is 0.365 e. The van der Waals surface area contributed by atoms with E-state index in [2.05, 4.69) is 15.2 Å². The monoisotopic (exact) mass is 588 g/mol. The Kier molecular flexibility index (Phi) is 10.5. The quantitative estimate of drug-likeness (QED) is 0.351. The number of likely N-dealkylation sites (tertiary alicyclic amines) is 1. The highest BCUT2D eigenvalue weighted by atomic mass is 35.5. The lowest BCUT2D eigenvalue weighted by atomic mass is 9.92. The average Bonchev–Trinajstić information content (AvgIpc) is 3.61. The van der Waals surface area contributed by atoms with E-state index in [4.69, 9.17) is 20.7 Å². The third kappa shape index (κ3) is 6.98. The number of fused-ring (bicyclic) bond motifs is 1. The summed E-state index contributed by atoms with van der Waals surface area (Å²) in [7, 11) is 0. The van der Waals surface area contributed by atoms with Crippen molar-refractivity contribution in [3.05, 3.63) is 42.2 Å². The van der Waals surface area contributed by atoms with Gasteiger partial charge in [-0.1, -0.05) is 43.2 Å². The molecule has 3 fully saturated rings. The van der Waals surface area contributed by atoms with Crippen molar-refractivity contribution in [2.24, 2.45) is 5.73 Å². The number of benzene rings is 1. The van der Waals surface area contributed by atoms with Gasteiger partial charge in [-0.05, 0) is 56.9 Å². The van der Waals surface area contributed by atoms with Crippen LogP contribution in [0.2, 0.25) is 0 Å². The molecule has 0 atom stereocenters. The Bertz CT molecular complexity index is 1230. The topological polar surface area (TPSA) is 114 Å². The molecule has 2 aromatic heterocycles. The second-order valence-corrected chi connectivity index (χ2v) is 11.4. The van der Waals surface area contributed by atoms with Gasteiger partial charge < -0.3 is 25.8 Å². The molecule has 6 rings (SSSR count). The lowest BCUT2D eigenvalue weighted by molar-refractivity contribution is -0.131. The summed E-state index contributed by atoms with van der Waals surface area (Å²) < 4.78 is 2.27. The number of aromatic nitrogens is 4. The number of nitrogens with two attached hydrogens (primary N) is 1. The number of rotatable bonds is 7. The third-order valence-electron chi connectivity index (χ3n) is 8.63. The molecule has 1 amide bonds. The van der Waals surface area contributed by atoms with Gasteiger partial charge in [-0.15, -0.1) is 24.8 Å². The highest BCUT2D eigenvalue weighted by molar-refractivity contribution is 5.86. The van der Waals surface area contributed by atoms with E-state index in [0.29, 0.717) is 30.5 Å². The second-order valence-electron chi connectivity index (χ2n) is 11.4. The molecule has 0 bridgehead atoms. The summed E-state index contributed by atoms with van der Waals surface area (Å²) in [4.78, 5) is 29.5. The number of piperidine rings is 1. The highest BCUT2D eigenvalue weighted by Crippen LogP contribution is 2.34. The van der Waals surface area contributed by atoms with Crippen molar-refractivity contribution < 1.29 is 4.79 Å². The van der Waals surface area contributed by atoms with Gasteiger partial charge in [0, 0.05) is 37.3 Å². The molecule has 40 heavy (non-hydrogen) atoms. The Morgan fingerprint density at radius 2 is 1.55 bits per heavy atom. The SMILES string of the molecule is Cl.Cl.N[C@H]1CC[C@H](Nc2nc(NC3CCN(C(=O)Cc4ccccc4)CC3)c3ncn(C4CCCC4)c3n2)CC1. The van der Waals surface area contributed by atoms with Crippen molar-refractivity contribution in [3.8, 4) is 0 Å². The minimum atomic E-state index is 0. The van der Waals surface area contributed by atoms with Gasteiger partial charge in [0.1, 0.15) is 0 Å². The zero-order valence-electron chi connectivity index (χ0n) is 23.0. The molecular formula is C29H42Cl2N8O. The molecule has 9 nitrogen and oxygen atoms in total. The number of carbonyl (C=O) groups excluding carboxylic acids is 1. The van der Waals surface area contributed by atoms with E-state index >= 15 is 0 Å². The fourth-order valence-corrected chi connectivity index (χ4v) is 6.33. The number of hydrogen-bond acceptors (Lipinski definition) is 7. The molecule has 11 heteroatoms. The van der Waals surface area contributed by atoms with Gasteiger partial charge in [0.15, 0.2) is 17.0 Å². The smallest absolute Gasteiger partial charge is 0.227 e. The third-order valence-corrected chi connectivity index (χ3v) is 8.63. The van der Waals surface area contributed by atoms with Crippen LogP contribution in [0, 0.1) is 0 Å². The van der Waals surface area contributed by atoms with Gasteiger partial charge in [0.2, 0.25) is 11.9 Å². The molecular weight excluding hydrogens is 547 g/mol.